The van der Waals surface area contributed by atoms with Crippen LogP contribution in [0, 0.1) is 11.3 Å². The molecule has 2 N–H and O–H groups in total. The molecule has 0 aliphatic heterocycles. The van der Waals surface area contributed by atoms with Crippen molar-refractivity contribution in [3.8, 4) is 11.8 Å². The van der Waals surface area contributed by atoms with Crippen LogP contribution in [-0.4, -0.2) is 27.3 Å². The minimum atomic E-state index is -5.02. The minimum absolute atomic E-state index is 0.0996. The largest absolute Gasteiger partial charge is 0.573 e. The summed E-state index contributed by atoms with van der Waals surface area (Å²) in [6.45, 7) is 0.886. The number of benzene rings is 2. The number of hydrogen-bond acceptors (Lipinski definition) is 5. The molecule has 0 aliphatic carbocycles. The summed E-state index contributed by atoms with van der Waals surface area (Å²) in [5.41, 5.74) is 2.22. The average molecular weight is 457 g/mol. The molecular formula is C19H13F6N5O2. The topological polar surface area (TPSA) is 107 Å². The number of nitriles is 1. The maximum atomic E-state index is 12.9. The van der Waals surface area contributed by atoms with Gasteiger partial charge in [0.05, 0.1) is 18.2 Å². The summed E-state index contributed by atoms with van der Waals surface area (Å²) in [7, 11) is 0. The van der Waals surface area contributed by atoms with E-state index in [1.807, 2.05) is 6.07 Å². The highest BCUT2D eigenvalue weighted by Crippen LogP contribution is 2.34. The van der Waals surface area contributed by atoms with Crippen molar-refractivity contribution in [2.75, 3.05) is 0 Å². The first-order chi connectivity index (χ1) is 14.7. The molecule has 2 aromatic carbocycles. The molecule has 0 radical (unpaired) electrons. The second-order valence-corrected chi connectivity index (χ2v) is 7.00. The van der Waals surface area contributed by atoms with Gasteiger partial charge in [0.25, 0.3) is 0 Å². The number of hydrogen-bond donors (Lipinski definition) is 1. The maximum Gasteiger partial charge on any atom is 0.573 e. The molecule has 32 heavy (non-hydrogen) atoms. The molecule has 0 saturated carbocycles. The molecule has 0 spiro atoms. The number of alkyl halides is 6. The number of fused-ring (bicyclic) bond motifs is 1. The van der Waals surface area contributed by atoms with Gasteiger partial charge < -0.3 is 10.5 Å². The quantitative estimate of drug-likeness (QED) is 0.585. The fourth-order valence-electron chi connectivity index (χ4n) is 3.06. The van der Waals surface area contributed by atoms with Crippen LogP contribution >= 0.6 is 0 Å². The predicted octanol–water partition coefficient (Wildman–Crippen LogP) is 3.93. The van der Waals surface area contributed by atoms with Crippen molar-refractivity contribution in [3.63, 3.8) is 0 Å². The Morgan fingerprint density at radius 2 is 1.75 bits per heavy atom. The summed E-state index contributed by atoms with van der Waals surface area (Å²) in [5, 5.41) is 17.7. The summed E-state index contributed by atoms with van der Waals surface area (Å²) in [6, 6.07) is 7.27. The summed E-state index contributed by atoms with van der Waals surface area (Å²) in [4.78, 5) is 12.7. The van der Waals surface area contributed by atoms with E-state index in [0.29, 0.717) is 0 Å². The van der Waals surface area contributed by atoms with Crippen molar-refractivity contribution in [1.82, 2.24) is 15.0 Å². The van der Waals surface area contributed by atoms with Crippen LogP contribution in [0.4, 0.5) is 26.3 Å². The average Bonchev–Trinajstić information content (AvgIpc) is 3.06. The van der Waals surface area contributed by atoms with Gasteiger partial charge in [-0.05, 0) is 48.9 Å². The van der Waals surface area contributed by atoms with E-state index < -0.39 is 41.7 Å². The Balaban J connectivity index is 2.05. The number of primary amides is 1. The number of carbonyl (C=O) groups excluding carboxylic acids is 1. The number of nitrogens with two attached hydrogens (primary N) is 1. The standard InChI is InChI=1S/C19H13F6N5O2/c1-17(8-26,13-7-11(32-19(23,24)25)3-4-12(13)16(27)31)9-30-28-14-5-2-10(18(20,21)22)6-15(14)29-30/h2-7H,9H2,1H3,(H2,27,31). The van der Waals surface area contributed by atoms with Crippen molar-refractivity contribution < 1.29 is 35.9 Å². The minimum Gasteiger partial charge on any atom is -0.406 e. The Hall–Kier alpha value is -3.82. The van der Waals surface area contributed by atoms with Gasteiger partial charge in [0, 0.05) is 5.56 Å². The zero-order chi connectivity index (χ0) is 23.9. The maximum absolute atomic E-state index is 12.9. The molecule has 7 nitrogen and oxygen atoms in total. The normalized spacial score (nSPS) is 14.1. The Morgan fingerprint density at radius 1 is 1.09 bits per heavy atom. The van der Waals surface area contributed by atoms with Crippen LogP contribution in [0.15, 0.2) is 36.4 Å². The molecule has 1 heterocycles. The molecule has 1 atom stereocenters. The van der Waals surface area contributed by atoms with Crippen LogP contribution in [0.1, 0.15) is 28.4 Å². The molecule has 0 saturated heterocycles. The van der Waals surface area contributed by atoms with Crippen molar-refractivity contribution >= 4 is 16.9 Å². The molecule has 1 unspecified atom stereocenters. The molecule has 0 bridgehead atoms. The number of amides is 1. The van der Waals surface area contributed by atoms with Gasteiger partial charge in [0.1, 0.15) is 22.2 Å². The number of rotatable bonds is 5. The van der Waals surface area contributed by atoms with Gasteiger partial charge in [-0.2, -0.15) is 33.4 Å². The molecule has 1 amide bonds. The van der Waals surface area contributed by atoms with Crippen LogP contribution in [0.3, 0.4) is 0 Å². The highest BCUT2D eigenvalue weighted by atomic mass is 19.4. The van der Waals surface area contributed by atoms with E-state index in [9.17, 15) is 36.4 Å². The van der Waals surface area contributed by atoms with Crippen molar-refractivity contribution in [2.24, 2.45) is 5.73 Å². The number of nitrogens with zero attached hydrogens (tertiary/aromatic N) is 4. The van der Waals surface area contributed by atoms with E-state index in [4.69, 9.17) is 5.73 Å². The fourth-order valence-corrected chi connectivity index (χ4v) is 3.06. The third-order valence-corrected chi connectivity index (χ3v) is 4.54. The van der Waals surface area contributed by atoms with Crippen LogP contribution in [-0.2, 0) is 18.1 Å². The van der Waals surface area contributed by atoms with Gasteiger partial charge in [0.2, 0.25) is 5.91 Å². The highest BCUT2D eigenvalue weighted by Gasteiger charge is 2.36. The van der Waals surface area contributed by atoms with E-state index in [1.54, 1.807) is 0 Å². The molecule has 3 aromatic rings. The lowest BCUT2D eigenvalue weighted by Gasteiger charge is -2.24. The summed E-state index contributed by atoms with van der Waals surface area (Å²) in [5.74, 6) is -1.69. The molecular weight excluding hydrogens is 444 g/mol. The summed E-state index contributed by atoms with van der Waals surface area (Å²) < 4.78 is 80.4. The van der Waals surface area contributed by atoms with Gasteiger partial charge in [-0.15, -0.1) is 13.2 Å². The fraction of sp³-hybridized carbons (Fsp3) is 0.263. The molecule has 0 aliphatic rings. The Morgan fingerprint density at radius 3 is 2.31 bits per heavy atom. The molecule has 1 aromatic heterocycles. The monoisotopic (exact) mass is 457 g/mol. The first-order valence-corrected chi connectivity index (χ1v) is 8.75. The van der Waals surface area contributed by atoms with E-state index in [2.05, 4.69) is 14.9 Å². The zero-order valence-corrected chi connectivity index (χ0v) is 16.1. The van der Waals surface area contributed by atoms with Gasteiger partial charge in [-0.3, -0.25) is 4.79 Å². The number of carbonyl (C=O) groups is 1. The lowest BCUT2D eigenvalue weighted by atomic mass is 9.81. The molecule has 0 fully saturated rings. The number of aromatic nitrogens is 3. The SMILES string of the molecule is CC(C#N)(Cn1nc2ccc(C(F)(F)F)cc2n1)c1cc(OC(F)(F)F)ccc1C(N)=O. The second-order valence-electron chi connectivity index (χ2n) is 7.00. The van der Waals surface area contributed by atoms with E-state index in [-0.39, 0.29) is 22.2 Å². The third kappa shape index (κ3) is 4.74. The summed E-state index contributed by atoms with van der Waals surface area (Å²) in [6.07, 6.45) is -9.62. The first kappa shape index (κ1) is 22.9. The molecule has 168 valence electrons. The zero-order valence-electron chi connectivity index (χ0n) is 16.1. The molecule has 3 rings (SSSR count). The van der Waals surface area contributed by atoms with E-state index in [1.165, 1.54) is 6.92 Å². The van der Waals surface area contributed by atoms with Crippen LogP contribution in [0.25, 0.3) is 11.0 Å². The first-order valence-electron chi connectivity index (χ1n) is 8.75. The highest BCUT2D eigenvalue weighted by molar-refractivity contribution is 5.95. The van der Waals surface area contributed by atoms with Gasteiger partial charge in [0.15, 0.2) is 0 Å². The second kappa shape index (κ2) is 7.70. The number of halogens is 6. The van der Waals surface area contributed by atoms with Crippen molar-refractivity contribution in [1.29, 1.82) is 5.26 Å². The lowest BCUT2D eigenvalue weighted by molar-refractivity contribution is -0.274. The predicted molar refractivity (Wildman–Crippen MR) is 97.1 cm³/mol. The van der Waals surface area contributed by atoms with Gasteiger partial charge >= 0.3 is 12.5 Å². The molecule has 13 heteroatoms. The Kier molecular flexibility index (Phi) is 5.50. The Labute approximate surface area is 176 Å². The Bertz CT molecular complexity index is 1230. The van der Waals surface area contributed by atoms with Crippen molar-refractivity contribution in [2.45, 2.75) is 31.4 Å². The van der Waals surface area contributed by atoms with E-state index in [0.717, 1.165) is 41.2 Å². The third-order valence-electron chi connectivity index (χ3n) is 4.54. The van der Waals surface area contributed by atoms with Crippen molar-refractivity contribution in [3.05, 3.63) is 53.1 Å². The van der Waals surface area contributed by atoms with Crippen LogP contribution in [0.2, 0.25) is 0 Å². The van der Waals surface area contributed by atoms with Gasteiger partial charge in [-0.25, -0.2) is 0 Å². The van der Waals surface area contributed by atoms with Gasteiger partial charge in [-0.1, -0.05) is 0 Å². The van der Waals surface area contributed by atoms with Crippen LogP contribution in [0.5, 0.6) is 5.75 Å². The summed E-state index contributed by atoms with van der Waals surface area (Å²) >= 11 is 0. The number of ether oxygens (including phenoxy) is 1. The van der Waals surface area contributed by atoms with E-state index >= 15 is 0 Å². The lowest BCUT2D eigenvalue weighted by Crippen LogP contribution is -2.31. The smallest absolute Gasteiger partial charge is 0.406 e. The van der Waals surface area contributed by atoms with Crippen LogP contribution < -0.4 is 10.5 Å².